The molecule has 0 aliphatic carbocycles. The first kappa shape index (κ1) is 11.7. The maximum Gasteiger partial charge on any atom is 0.0929 e. The number of aromatic nitrogens is 2. The van der Waals surface area contributed by atoms with Gasteiger partial charge in [0.1, 0.15) is 0 Å². The highest BCUT2D eigenvalue weighted by Crippen LogP contribution is 2.19. The van der Waals surface area contributed by atoms with Gasteiger partial charge in [0.15, 0.2) is 0 Å². The monoisotopic (exact) mass is 227 g/mol. The number of nitrogens with zero attached hydrogens (tertiary/aromatic N) is 2. The molecule has 88 valence electrons. The maximum absolute atomic E-state index is 4.25. The maximum atomic E-state index is 4.25. The normalized spacial score (nSPS) is 10.5. The molecule has 3 heteroatoms. The molecule has 17 heavy (non-hydrogen) atoms. The van der Waals surface area contributed by atoms with Gasteiger partial charge in [0.05, 0.1) is 11.4 Å². The van der Waals surface area contributed by atoms with Crippen LogP contribution in [0.1, 0.15) is 16.8 Å². The van der Waals surface area contributed by atoms with Crippen LogP contribution in [-0.2, 0) is 6.54 Å². The summed E-state index contributed by atoms with van der Waals surface area (Å²) in [5, 5.41) is 11.5. The molecule has 0 saturated carbocycles. The van der Waals surface area contributed by atoms with E-state index in [2.05, 4.69) is 47.6 Å². The SMILES string of the molecule is CNCc1ccc(-c2ccc(C)c(C)c2)nn1. The molecule has 0 bridgehead atoms. The summed E-state index contributed by atoms with van der Waals surface area (Å²) in [7, 11) is 1.90. The van der Waals surface area contributed by atoms with Crippen molar-refractivity contribution in [3.63, 3.8) is 0 Å². The van der Waals surface area contributed by atoms with E-state index >= 15 is 0 Å². The molecule has 0 aliphatic heterocycles. The van der Waals surface area contributed by atoms with Crippen molar-refractivity contribution < 1.29 is 0 Å². The number of aryl methyl sites for hydroxylation is 2. The van der Waals surface area contributed by atoms with Crippen molar-refractivity contribution in [2.24, 2.45) is 0 Å². The Morgan fingerprint density at radius 3 is 2.41 bits per heavy atom. The summed E-state index contributed by atoms with van der Waals surface area (Å²) < 4.78 is 0. The largest absolute Gasteiger partial charge is 0.314 e. The summed E-state index contributed by atoms with van der Waals surface area (Å²) in [5.41, 5.74) is 5.58. The Balaban J connectivity index is 2.30. The fourth-order valence-corrected chi connectivity index (χ4v) is 1.69. The Hall–Kier alpha value is -1.74. The predicted octanol–water partition coefficient (Wildman–Crippen LogP) is 2.48. The molecular weight excluding hydrogens is 210 g/mol. The lowest BCUT2D eigenvalue weighted by Crippen LogP contribution is -2.07. The molecule has 0 amide bonds. The van der Waals surface area contributed by atoms with Gasteiger partial charge >= 0.3 is 0 Å². The fourth-order valence-electron chi connectivity index (χ4n) is 1.69. The summed E-state index contributed by atoms with van der Waals surface area (Å²) in [6.07, 6.45) is 0. The zero-order valence-electron chi connectivity index (χ0n) is 10.5. The molecule has 3 nitrogen and oxygen atoms in total. The van der Waals surface area contributed by atoms with E-state index in [0.29, 0.717) is 0 Å². The number of rotatable bonds is 3. The van der Waals surface area contributed by atoms with E-state index in [0.717, 1.165) is 23.5 Å². The molecule has 1 aromatic heterocycles. The lowest BCUT2D eigenvalue weighted by atomic mass is 10.0. The molecule has 1 N–H and O–H groups in total. The summed E-state index contributed by atoms with van der Waals surface area (Å²) in [4.78, 5) is 0. The van der Waals surface area contributed by atoms with Crippen LogP contribution < -0.4 is 5.32 Å². The third-order valence-electron chi connectivity index (χ3n) is 2.88. The highest BCUT2D eigenvalue weighted by atomic mass is 15.1. The number of hydrogen-bond donors (Lipinski definition) is 1. The standard InChI is InChI=1S/C14H17N3/c1-10-4-5-12(8-11(10)2)14-7-6-13(9-15-3)16-17-14/h4-8,15H,9H2,1-3H3. The van der Waals surface area contributed by atoms with Crippen molar-refractivity contribution in [3.05, 3.63) is 47.2 Å². The van der Waals surface area contributed by atoms with Gasteiger partial charge in [-0.05, 0) is 50.2 Å². The summed E-state index contributed by atoms with van der Waals surface area (Å²) >= 11 is 0. The Bertz CT molecular complexity index is 503. The molecular formula is C14H17N3. The quantitative estimate of drug-likeness (QED) is 0.875. The van der Waals surface area contributed by atoms with E-state index in [1.54, 1.807) is 0 Å². The zero-order chi connectivity index (χ0) is 12.3. The molecule has 2 aromatic rings. The van der Waals surface area contributed by atoms with Gasteiger partial charge in [-0.2, -0.15) is 10.2 Å². The third-order valence-corrected chi connectivity index (χ3v) is 2.88. The van der Waals surface area contributed by atoms with Gasteiger partial charge in [0, 0.05) is 12.1 Å². The number of nitrogens with one attached hydrogen (secondary N) is 1. The van der Waals surface area contributed by atoms with Gasteiger partial charge in [-0.25, -0.2) is 0 Å². The first-order valence-electron chi connectivity index (χ1n) is 5.75. The number of hydrogen-bond acceptors (Lipinski definition) is 3. The van der Waals surface area contributed by atoms with Crippen LogP contribution in [0.15, 0.2) is 30.3 Å². The van der Waals surface area contributed by atoms with Crippen LogP contribution in [0, 0.1) is 13.8 Å². The van der Waals surface area contributed by atoms with E-state index in [-0.39, 0.29) is 0 Å². The minimum Gasteiger partial charge on any atom is -0.314 e. The highest BCUT2D eigenvalue weighted by molar-refractivity contribution is 5.60. The molecule has 1 heterocycles. The van der Waals surface area contributed by atoms with Crippen molar-refractivity contribution in [2.45, 2.75) is 20.4 Å². The second kappa shape index (κ2) is 5.06. The van der Waals surface area contributed by atoms with E-state index < -0.39 is 0 Å². The first-order valence-corrected chi connectivity index (χ1v) is 5.75. The lowest BCUT2D eigenvalue weighted by Gasteiger charge is -2.05. The van der Waals surface area contributed by atoms with Crippen molar-refractivity contribution in [1.29, 1.82) is 0 Å². The smallest absolute Gasteiger partial charge is 0.0929 e. The molecule has 0 aliphatic rings. The highest BCUT2D eigenvalue weighted by Gasteiger charge is 2.02. The second-order valence-electron chi connectivity index (χ2n) is 4.24. The molecule has 0 saturated heterocycles. The summed E-state index contributed by atoms with van der Waals surface area (Å²) in [6, 6.07) is 10.4. The summed E-state index contributed by atoms with van der Waals surface area (Å²) in [5.74, 6) is 0. The molecule has 0 atom stereocenters. The van der Waals surface area contributed by atoms with Gasteiger partial charge in [-0.15, -0.1) is 0 Å². The van der Waals surface area contributed by atoms with Crippen LogP contribution in [0.25, 0.3) is 11.3 Å². The number of benzene rings is 1. The molecule has 0 spiro atoms. The fraction of sp³-hybridized carbons (Fsp3) is 0.286. The van der Waals surface area contributed by atoms with E-state index in [1.807, 2.05) is 19.2 Å². The lowest BCUT2D eigenvalue weighted by molar-refractivity contribution is 0.768. The Kier molecular flexibility index (Phi) is 3.49. The van der Waals surface area contributed by atoms with Crippen LogP contribution in [0.2, 0.25) is 0 Å². The molecule has 1 aromatic carbocycles. The van der Waals surface area contributed by atoms with Crippen molar-refractivity contribution in [2.75, 3.05) is 7.05 Å². The van der Waals surface area contributed by atoms with Gasteiger partial charge < -0.3 is 5.32 Å². The van der Waals surface area contributed by atoms with Gasteiger partial charge in [0.2, 0.25) is 0 Å². The molecule has 0 fully saturated rings. The Labute approximate surface area is 102 Å². The first-order chi connectivity index (χ1) is 8.20. The van der Waals surface area contributed by atoms with Crippen LogP contribution in [0.3, 0.4) is 0 Å². The Morgan fingerprint density at radius 1 is 1.00 bits per heavy atom. The van der Waals surface area contributed by atoms with Crippen LogP contribution in [0.5, 0.6) is 0 Å². The van der Waals surface area contributed by atoms with E-state index in [4.69, 9.17) is 0 Å². The average Bonchev–Trinajstić information content (AvgIpc) is 2.34. The van der Waals surface area contributed by atoms with Gasteiger partial charge in [0.25, 0.3) is 0 Å². The Morgan fingerprint density at radius 2 is 1.82 bits per heavy atom. The van der Waals surface area contributed by atoms with Crippen LogP contribution >= 0.6 is 0 Å². The predicted molar refractivity (Wildman–Crippen MR) is 69.7 cm³/mol. The van der Waals surface area contributed by atoms with Crippen molar-refractivity contribution >= 4 is 0 Å². The zero-order valence-corrected chi connectivity index (χ0v) is 10.5. The van der Waals surface area contributed by atoms with Crippen molar-refractivity contribution in [1.82, 2.24) is 15.5 Å². The van der Waals surface area contributed by atoms with Crippen LogP contribution in [-0.4, -0.2) is 17.2 Å². The van der Waals surface area contributed by atoms with E-state index in [9.17, 15) is 0 Å². The minimum atomic E-state index is 0.750. The second-order valence-corrected chi connectivity index (χ2v) is 4.24. The van der Waals surface area contributed by atoms with Gasteiger partial charge in [-0.1, -0.05) is 12.1 Å². The van der Waals surface area contributed by atoms with Crippen molar-refractivity contribution in [3.8, 4) is 11.3 Å². The van der Waals surface area contributed by atoms with Gasteiger partial charge in [-0.3, -0.25) is 0 Å². The molecule has 0 unspecified atom stereocenters. The molecule has 2 rings (SSSR count). The third kappa shape index (κ3) is 2.68. The average molecular weight is 227 g/mol. The summed E-state index contributed by atoms with van der Waals surface area (Å²) in [6.45, 7) is 4.97. The van der Waals surface area contributed by atoms with Crippen LogP contribution in [0.4, 0.5) is 0 Å². The molecule has 0 radical (unpaired) electrons. The topological polar surface area (TPSA) is 37.8 Å². The van der Waals surface area contributed by atoms with E-state index in [1.165, 1.54) is 11.1 Å². The minimum absolute atomic E-state index is 0.750.